The van der Waals surface area contributed by atoms with Gasteiger partial charge in [-0.1, -0.05) is 0 Å². The molecule has 1 rings (SSSR count). The Hall–Kier alpha value is -1.63. The van der Waals surface area contributed by atoms with Gasteiger partial charge in [-0.25, -0.2) is 4.79 Å². The molecule has 0 radical (unpaired) electrons. The summed E-state index contributed by atoms with van der Waals surface area (Å²) in [6.45, 7) is -0.181. The normalized spacial score (nSPS) is 17.1. The Labute approximate surface area is 92.6 Å². The Morgan fingerprint density at radius 2 is 1.94 bits per heavy atom. The van der Waals surface area contributed by atoms with Crippen molar-refractivity contribution < 1.29 is 19.5 Å². The number of hydrogen-bond acceptors (Lipinski definition) is 4. The van der Waals surface area contributed by atoms with E-state index in [1.54, 1.807) is 0 Å². The molecule has 0 aromatic heterocycles. The predicted molar refractivity (Wildman–Crippen MR) is 54.8 cm³/mol. The zero-order valence-corrected chi connectivity index (χ0v) is 9.00. The van der Waals surface area contributed by atoms with Crippen LogP contribution in [0.1, 0.15) is 19.3 Å². The van der Waals surface area contributed by atoms with Gasteiger partial charge in [0.15, 0.2) is 0 Å². The molecule has 90 valence electrons. The summed E-state index contributed by atoms with van der Waals surface area (Å²) in [6, 6.07) is -0.607. The van der Waals surface area contributed by atoms with E-state index in [0.29, 0.717) is 12.8 Å². The van der Waals surface area contributed by atoms with Crippen molar-refractivity contribution in [3.05, 3.63) is 0 Å². The van der Waals surface area contributed by atoms with E-state index >= 15 is 0 Å². The predicted octanol–water partition coefficient (Wildman–Crippen LogP) is -0.961. The number of carbonyl (C=O) groups is 3. The zero-order valence-electron chi connectivity index (χ0n) is 9.00. The first-order chi connectivity index (χ1) is 7.50. The molecule has 0 heterocycles. The lowest BCUT2D eigenvalue weighted by atomic mass is 9.77. The van der Waals surface area contributed by atoms with Gasteiger partial charge in [0.05, 0.1) is 6.54 Å². The van der Waals surface area contributed by atoms with Crippen LogP contribution in [-0.2, 0) is 9.59 Å². The quantitative estimate of drug-likeness (QED) is 0.496. The minimum Gasteiger partial charge on any atom is -0.480 e. The maximum absolute atomic E-state index is 11.2. The number of carbonyl (C=O) groups excluding carboxylic acids is 2. The third-order valence-electron chi connectivity index (χ3n) is 2.68. The molecule has 1 aliphatic carbocycles. The molecule has 1 saturated carbocycles. The molecule has 4 N–H and O–H groups in total. The maximum Gasteiger partial charge on any atom is 0.323 e. The summed E-state index contributed by atoms with van der Waals surface area (Å²) in [5.74, 6) is -1.50. The van der Waals surface area contributed by atoms with Crippen LogP contribution in [0.3, 0.4) is 0 Å². The average molecular weight is 229 g/mol. The number of hydrogen-bond donors (Lipinski definition) is 4. The fourth-order valence-corrected chi connectivity index (χ4v) is 1.48. The minimum absolute atomic E-state index is 0.181. The molecule has 1 aliphatic rings. The molecule has 0 aromatic carbocycles. The van der Waals surface area contributed by atoms with E-state index in [9.17, 15) is 14.4 Å². The fraction of sp³-hybridized carbons (Fsp3) is 0.667. The Morgan fingerprint density at radius 3 is 2.31 bits per heavy atom. The van der Waals surface area contributed by atoms with Crippen molar-refractivity contribution in [2.45, 2.75) is 24.8 Å². The van der Waals surface area contributed by atoms with E-state index in [1.165, 1.54) is 7.05 Å². The van der Waals surface area contributed by atoms with Crippen LogP contribution in [0.5, 0.6) is 0 Å². The van der Waals surface area contributed by atoms with Crippen molar-refractivity contribution in [2.75, 3.05) is 13.6 Å². The molecule has 0 unspecified atom stereocenters. The maximum atomic E-state index is 11.2. The van der Waals surface area contributed by atoms with Crippen LogP contribution in [0.4, 0.5) is 4.79 Å². The Kier molecular flexibility index (Phi) is 3.83. The van der Waals surface area contributed by atoms with Gasteiger partial charge in [0, 0.05) is 7.05 Å². The third kappa shape index (κ3) is 2.69. The average Bonchev–Trinajstić information content (AvgIpc) is 2.15. The van der Waals surface area contributed by atoms with Crippen LogP contribution in [0, 0.1) is 0 Å². The molecule has 3 amide bonds. The van der Waals surface area contributed by atoms with Gasteiger partial charge >= 0.3 is 12.0 Å². The lowest BCUT2D eigenvalue weighted by Gasteiger charge is -2.38. The fourth-order valence-electron chi connectivity index (χ4n) is 1.48. The number of urea groups is 1. The topological polar surface area (TPSA) is 108 Å². The van der Waals surface area contributed by atoms with Gasteiger partial charge in [-0.2, -0.15) is 0 Å². The van der Waals surface area contributed by atoms with Crippen molar-refractivity contribution in [3.63, 3.8) is 0 Å². The third-order valence-corrected chi connectivity index (χ3v) is 2.68. The zero-order chi connectivity index (χ0) is 12.2. The van der Waals surface area contributed by atoms with Crippen molar-refractivity contribution in [1.29, 1.82) is 0 Å². The second-order valence-corrected chi connectivity index (χ2v) is 3.72. The monoisotopic (exact) mass is 229 g/mol. The van der Waals surface area contributed by atoms with Crippen molar-refractivity contribution in [1.82, 2.24) is 16.0 Å². The number of nitrogens with one attached hydrogen (secondary N) is 3. The molecule has 0 aliphatic heterocycles. The number of amides is 3. The molecular formula is C9H15N3O4. The van der Waals surface area contributed by atoms with Crippen molar-refractivity contribution in [2.24, 2.45) is 0 Å². The molecule has 7 heteroatoms. The first-order valence-electron chi connectivity index (χ1n) is 5.00. The van der Waals surface area contributed by atoms with Gasteiger partial charge in [-0.15, -0.1) is 0 Å². The second-order valence-electron chi connectivity index (χ2n) is 3.72. The van der Waals surface area contributed by atoms with Gasteiger partial charge in [0.1, 0.15) is 5.54 Å². The molecule has 0 spiro atoms. The number of rotatable bonds is 4. The number of carboxylic acids is 1. The highest BCUT2D eigenvalue weighted by Gasteiger charge is 2.44. The summed E-state index contributed by atoms with van der Waals surface area (Å²) < 4.78 is 0. The van der Waals surface area contributed by atoms with Crippen molar-refractivity contribution in [3.8, 4) is 0 Å². The van der Waals surface area contributed by atoms with Crippen LogP contribution < -0.4 is 16.0 Å². The van der Waals surface area contributed by atoms with Gasteiger partial charge in [-0.05, 0) is 19.3 Å². The van der Waals surface area contributed by atoms with Gasteiger partial charge in [0.2, 0.25) is 5.91 Å². The number of carboxylic acid groups (broad SMARTS) is 1. The molecule has 0 saturated heterocycles. The smallest absolute Gasteiger partial charge is 0.323 e. The summed E-state index contributed by atoms with van der Waals surface area (Å²) >= 11 is 0. The van der Waals surface area contributed by atoms with Crippen LogP contribution in [0.2, 0.25) is 0 Å². The first-order valence-corrected chi connectivity index (χ1v) is 5.00. The van der Waals surface area contributed by atoms with E-state index in [2.05, 4.69) is 10.6 Å². The minimum atomic E-state index is -0.986. The Balaban J connectivity index is 2.36. The van der Waals surface area contributed by atoms with Crippen LogP contribution in [0.25, 0.3) is 0 Å². The lowest BCUT2D eigenvalue weighted by Crippen LogP contribution is -2.59. The van der Waals surface area contributed by atoms with Crippen LogP contribution >= 0.6 is 0 Å². The Bertz CT molecular complexity index is 312. The van der Waals surface area contributed by atoms with E-state index in [1.807, 2.05) is 5.32 Å². The molecule has 7 nitrogen and oxygen atoms in total. The van der Waals surface area contributed by atoms with Gasteiger partial charge < -0.3 is 10.4 Å². The summed E-state index contributed by atoms with van der Waals surface area (Å²) in [7, 11) is 1.39. The highest BCUT2D eigenvalue weighted by molar-refractivity contribution is 5.95. The van der Waals surface area contributed by atoms with Crippen LogP contribution in [-0.4, -0.2) is 42.1 Å². The molecule has 0 atom stereocenters. The molecule has 0 bridgehead atoms. The first kappa shape index (κ1) is 12.4. The van der Waals surface area contributed by atoms with E-state index < -0.39 is 23.4 Å². The summed E-state index contributed by atoms with van der Waals surface area (Å²) in [5, 5.41) is 15.9. The van der Waals surface area contributed by atoms with E-state index in [0.717, 1.165) is 6.42 Å². The highest BCUT2D eigenvalue weighted by Crippen LogP contribution is 2.31. The summed E-state index contributed by atoms with van der Waals surface area (Å²) in [5.41, 5.74) is -0.986. The number of imide groups is 1. The van der Waals surface area contributed by atoms with E-state index in [4.69, 9.17) is 5.11 Å². The van der Waals surface area contributed by atoms with Gasteiger partial charge in [0.25, 0.3) is 0 Å². The SMILES string of the molecule is CNC(=O)NC(=O)CNC1(C(=O)O)CCC1. The lowest BCUT2D eigenvalue weighted by molar-refractivity contribution is -0.148. The van der Waals surface area contributed by atoms with Crippen LogP contribution in [0.15, 0.2) is 0 Å². The Morgan fingerprint density at radius 1 is 1.31 bits per heavy atom. The molecular weight excluding hydrogens is 214 g/mol. The highest BCUT2D eigenvalue weighted by atomic mass is 16.4. The molecule has 16 heavy (non-hydrogen) atoms. The second kappa shape index (κ2) is 4.93. The van der Waals surface area contributed by atoms with Gasteiger partial charge in [-0.3, -0.25) is 20.2 Å². The van der Waals surface area contributed by atoms with Crippen molar-refractivity contribution >= 4 is 17.9 Å². The summed E-state index contributed by atoms with van der Waals surface area (Å²) in [4.78, 5) is 32.9. The largest absolute Gasteiger partial charge is 0.480 e. The molecule has 1 fully saturated rings. The summed E-state index contributed by atoms with van der Waals surface area (Å²) in [6.07, 6.45) is 1.85. The number of aliphatic carboxylic acids is 1. The standard InChI is InChI=1S/C9H15N3O4/c1-10-8(16)12-6(13)5-11-9(7(14)15)3-2-4-9/h11H,2-5H2,1H3,(H,14,15)(H2,10,12,13,16). The van der Waals surface area contributed by atoms with E-state index in [-0.39, 0.29) is 6.54 Å². The molecule has 0 aromatic rings.